The Morgan fingerprint density at radius 2 is 2.08 bits per heavy atom. The van der Waals surface area contributed by atoms with E-state index in [1.54, 1.807) is 0 Å². The summed E-state index contributed by atoms with van der Waals surface area (Å²) in [6.45, 7) is 1.73. The molecule has 1 aliphatic heterocycles. The number of carboxylic acids is 1. The standard InChI is InChI=1S/C9H15NO2/c1-10-4-7(6-2-3-6)8(5-10)9(11)12/h6-8H,2-5H2,1H3,(H,11,12). The Bertz CT molecular complexity index is 201. The van der Waals surface area contributed by atoms with Crippen molar-refractivity contribution in [1.82, 2.24) is 4.90 Å². The van der Waals surface area contributed by atoms with Gasteiger partial charge in [-0.25, -0.2) is 0 Å². The largest absolute Gasteiger partial charge is 0.481 e. The summed E-state index contributed by atoms with van der Waals surface area (Å²) in [4.78, 5) is 13.0. The predicted octanol–water partition coefficient (Wildman–Crippen LogP) is 0.659. The molecule has 0 aromatic carbocycles. The number of hydrogen-bond acceptors (Lipinski definition) is 2. The first-order chi connectivity index (χ1) is 5.68. The van der Waals surface area contributed by atoms with E-state index in [1.165, 1.54) is 12.8 Å². The van der Waals surface area contributed by atoms with Crippen molar-refractivity contribution in [1.29, 1.82) is 0 Å². The highest BCUT2D eigenvalue weighted by Gasteiger charge is 2.44. The van der Waals surface area contributed by atoms with Gasteiger partial charge in [0.25, 0.3) is 0 Å². The second kappa shape index (κ2) is 2.73. The Kier molecular flexibility index (Phi) is 1.83. The highest BCUT2D eigenvalue weighted by atomic mass is 16.4. The van der Waals surface area contributed by atoms with Gasteiger partial charge >= 0.3 is 5.97 Å². The van der Waals surface area contributed by atoms with Gasteiger partial charge in [-0.05, 0) is 31.7 Å². The third-order valence-corrected chi connectivity index (χ3v) is 3.09. The fourth-order valence-electron chi connectivity index (χ4n) is 2.30. The lowest BCUT2D eigenvalue weighted by molar-refractivity contribution is -0.142. The second-order valence-corrected chi connectivity index (χ2v) is 4.17. The lowest BCUT2D eigenvalue weighted by Crippen LogP contribution is -2.23. The molecule has 2 fully saturated rings. The molecule has 2 unspecified atom stereocenters. The van der Waals surface area contributed by atoms with Gasteiger partial charge in [0.05, 0.1) is 5.92 Å². The van der Waals surface area contributed by atoms with Crippen molar-refractivity contribution >= 4 is 5.97 Å². The molecule has 0 aromatic heterocycles. The third-order valence-electron chi connectivity index (χ3n) is 3.09. The maximum absolute atomic E-state index is 10.9. The Morgan fingerprint density at radius 1 is 1.42 bits per heavy atom. The smallest absolute Gasteiger partial charge is 0.308 e. The molecule has 1 N–H and O–H groups in total. The molecule has 2 atom stereocenters. The van der Waals surface area contributed by atoms with Crippen LogP contribution in [0.15, 0.2) is 0 Å². The highest BCUT2D eigenvalue weighted by molar-refractivity contribution is 5.71. The van der Waals surface area contributed by atoms with E-state index < -0.39 is 5.97 Å². The first-order valence-corrected chi connectivity index (χ1v) is 4.60. The highest BCUT2D eigenvalue weighted by Crippen LogP contribution is 2.43. The molecule has 1 heterocycles. The summed E-state index contributed by atoms with van der Waals surface area (Å²) >= 11 is 0. The van der Waals surface area contributed by atoms with Gasteiger partial charge in [-0.3, -0.25) is 4.79 Å². The number of carbonyl (C=O) groups is 1. The predicted molar refractivity (Wildman–Crippen MR) is 44.8 cm³/mol. The van der Waals surface area contributed by atoms with Crippen molar-refractivity contribution in [3.63, 3.8) is 0 Å². The third kappa shape index (κ3) is 1.33. The van der Waals surface area contributed by atoms with Crippen molar-refractivity contribution < 1.29 is 9.90 Å². The number of nitrogens with zero attached hydrogens (tertiary/aromatic N) is 1. The molecule has 2 rings (SSSR count). The van der Waals surface area contributed by atoms with Gasteiger partial charge in [-0.1, -0.05) is 0 Å². The molecule has 0 spiro atoms. The van der Waals surface area contributed by atoms with Crippen molar-refractivity contribution in [2.75, 3.05) is 20.1 Å². The van der Waals surface area contributed by atoms with E-state index in [1.807, 2.05) is 7.05 Å². The molecular formula is C9H15NO2. The molecule has 1 aliphatic carbocycles. The van der Waals surface area contributed by atoms with Crippen LogP contribution in [-0.4, -0.2) is 36.1 Å². The van der Waals surface area contributed by atoms with Gasteiger partial charge in [0.2, 0.25) is 0 Å². The zero-order valence-electron chi connectivity index (χ0n) is 7.36. The molecule has 68 valence electrons. The van der Waals surface area contributed by atoms with Crippen LogP contribution < -0.4 is 0 Å². The van der Waals surface area contributed by atoms with Gasteiger partial charge in [0.1, 0.15) is 0 Å². The lowest BCUT2D eigenvalue weighted by Gasteiger charge is -2.12. The number of carboxylic acid groups (broad SMARTS) is 1. The van der Waals surface area contributed by atoms with Crippen LogP contribution in [0.5, 0.6) is 0 Å². The van der Waals surface area contributed by atoms with Gasteiger partial charge in [0, 0.05) is 13.1 Å². The minimum absolute atomic E-state index is 0.0949. The summed E-state index contributed by atoms with van der Waals surface area (Å²) in [7, 11) is 2.01. The second-order valence-electron chi connectivity index (χ2n) is 4.17. The van der Waals surface area contributed by atoms with Crippen LogP contribution in [-0.2, 0) is 4.79 Å². The van der Waals surface area contributed by atoms with Crippen molar-refractivity contribution in [3.05, 3.63) is 0 Å². The summed E-state index contributed by atoms with van der Waals surface area (Å²) in [5, 5.41) is 8.95. The zero-order chi connectivity index (χ0) is 8.72. The zero-order valence-corrected chi connectivity index (χ0v) is 7.36. The van der Waals surface area contributed by atoms with Crippen LogP contribution in [0.1, 0.15) is 12.8 Å². The molecule has 0 radical (unpaired) electrons. The maximum Gasteiger partial charge on any atom is 0.308 e. The summed E-state index contributed by atoms with van der Waals surface area (Å²) in [5.74, 6) is 0.460. The normalized spacial score (nSPS) is 37.1. The summed E-state index contributed by atoms with van der Waals surface area (Å²) < 4.78 is 0. The Labute approximate surface area is 72.4 Å². The molecule has 3 heteroatoms. The Balaban J connectivity index is 2.04. The fourth-order valence-corrected chi connectivity index (χ4v) is 2.30. The molecule has 2 aliphatic rings. The quantitative estimate of drug-likeness (QED) is 0.660. The van der Waals surface area contributed by atoms with Gasteiger partial charge in [-0.15, -0.1) is 0 Å². The molecular weight excluding hydrogens is 154 g/mol. The van der Waals surface area contributed by atoms with Crippen LogP contribution in [0.3, 0.4) is 0 Å². The summed E-state index contributed by atoms with van der Waals surface area (Å²) in [6.07, 6.45) is 2.50. The maximum atomic E-state index is 10.9. The molecule has 3 nitrogen and oxygen atoms in total. The Morgan fingerprint density at radius 3 is 2.58 bits per heavy atom. The first kappa shape index (κ1) is 8.05. The van der Waals surface area contributed by atoms with Crippen molar-refractivity contribution in [2.24, 2.45) is 17.8 Å². The van der Waals surface area contributed by atoms with Crippen LogP contribution in [0, 0.1) is 17.8 Å². The van der Waals surface area contributed by atoms with Crippen LogP contribution >= 0.6 is 0 Å². The van der Waals surface area contributed by atoms with Crippen LogP contribution in [0.2, 0.25) is 0 Å². The van der Waals surface area contributed by atoms with E-state index in [2.05, 4.69) is 4.90 Å². The fraction of sp³-hybridized carbons (Fsp3) is 0.889. The van der Waals surface area contributed by atoms with E-state index in [-0.39, 0.29) is 5.92 Å². The molecule has 12 heavy (non-hydrogen) atoms. The summed E-state index contributed by atoms with van der Waals surface area (Å²) in [5.41, 5.74) is 0. The van der Waals surface area contributed by atoms with Crippen LogP contribution in [0.4, 0.5) is 0 Å². The lowest BCUT2D eigenvalue weighted by atomic mass is 9.92. The summed E-state index contributed by atoms with van der Waals surface area (Å²) in [6, 6.07) is 0. The average Bonchev–Trinajstić information content (AvgIpc) is 2.75. The van der Waals surface area contributed by atoms with E-state index >= 15 is 0 Å². The molecule has 1 saturated carbocycles. The average molecular weight is 169 g/mol. The van der Waals surface area contributed by atoms with Crippen LogP contribution in [0.25, 0.3) is 0 Å². The topological polar surface area (TPSA) is 40.5 Å². The molecule has 0 bridgehead atoms. The van der Waals surface area contributed by atoms with Gasteiger partial charge in [0.15, 0.2) is 0 Å². The number of rotatable bonds is 2. The number of aliphatic carboxylic acids is 1. The van der Waals surface area contributed by atoms with Gasteiger partial charge < -0.3 is 10.0 Å². The van der Waals surface area contributed by atoms with E-state index in [0.717, 1.165) is 19.0 Å². The SMILES string of the molecule is CN1CC(C(=O)O)C(C2CC2)C1. The monoisotopic (exact) mass is 169 g/mol. The van der Waals surface area contributed by atoms with E-state index in [9.17, 15) is 4.79 Å². The van der Waals surface area contributed by atoms with Gasteiger partial charge in [-0.2, -0.15) is 0 Å². The molecule has 0 aromatic rings. The minimum atomic E-state index is -0.601. The molecule has 1 saturated heterocycles. The first-order valence-electron chi connectivity index (χ1n) is 4.60. The number of likely N-dealkylation sites (tertiary alicyclic amines) is 1. The molecule has 0 amide bonds. The van der Waals surface area contributed by atoms with E-state index in [4.69, 9.17) is 5.11 Å². The minimum Gasteiger partial charge on any atom is -0.481 e. The van der Waals surface area contributed by atoms with Crippen molar-refractivity contribution in [2.45, 2.75) is 12.8 Å². The van der Waals surface area contributed by atoms with Crippen molar-refractivity contribution in [3.8, 4) is 0 Å². The Hall–Kier alpha value is -0.570. The van der Waals surface area contributed by atoms with E-state index in [0.29, 0.717) is 5.92 Å². The number of hydrogen-bond donors (Lipinski definition) is 1.